The number of amides is 1. The Morgan fingerprint density at radius 1 is 1.23 bits per heavy atom. The molecule has 0 saturated carbocycles. The summed E-state index contributed by atoms with van der Waals surface area (Å²) in [7, 11) is 1.81. The highest BCUT2D eigenvalue weighted by atomic mass is 79.9. The standard InChI is InChI=1S/C19H17BrClN3O2/c1-12(15-5-3-4-6-16(15)21)26-19(25)23-18-17(22-11-24(18)2)13-7-9-14(20)10-8-13/h3-12H,1-2H3,(H,23,25)/t12-/m1/s1. The Hall–Kier alpha value is -2.31. The molecule has 26 heavy (non-hydrogen) atoms. The van der Waals surface area contributed by atoms with Crippen LogP contribution in [0, 0.1) is 0 Å². The van der Waals surface area contributed by atoms with Crippen molar-refractivity contribution in [2.45, 2.75) is 13.0 Å². The van der Waals surface area contributed by atoms with Gasteiger partial charge in [0.25, 0.3) is 0 Å². The van der Waals surface area contributed by atoms with Crippen LogP contribution in [0.5, 0.6) is 0 Å². The molecule has 134 valence electrons. The summed E-state index contributed by atoms with van der Waals surface area (Å²) >= 11 is 9.57. The zero-order chi connectivity index (χ0) is 18.7. The molecule has 3 rings (SSSR count). The molecule has 0 aliphatic rings. The topological polar surface area (TPSA) is 56.1 Å². The Morgan fingerprint density at radius 2 is 1.92 bits per heavy atom. The molecule has 0 spiro atoms. The van der Waals surface area contributed by atoms with Gasteiger partial charge in [-0.15, -0.1) is 0 Å². The van der Waals surface area contributed by atoms with Gasteiger partial charge >= 0.3 is 6.09 Å². The van der Waals surface area contributed by atoms with Crippen LogP contribution in [0.2, 0.25) is 5.02 Å². The molecule has 1 heterocycles. The van der Waals surface area contributed by atoms with Crippen LogP contribution in [0.4, 0.5) is 10.6 Å². The van der Waals surface area contributed by atoms with E-state index in [-0.39, 0.29) is 0 Å². The molecule has 5 nitrogen and oxygen atoms in total. The number of hydrogen-bond acceptors (Lipinski definition) is 3. The van der Waals surface area contributed by atoms with E-state index in [1.807, 2.05) is 49.5 Å². The largest absolute Gasteiger partial charge is 0.441 e. The molecule has 0 saturated heterocycles. The van der Waals surface area contributed by atoms with Crippen molar-refractivity contribution in [1.29, 1.82) is 0 Å². The van der Waals surface area contributed by atoms with Crippen LogP contribution < -0.4 is 5.32 Å². The average molecular weight is 435 g/mol. The van der Waals surface area contributed by atoms with E-state index in [2.05, 4.69) is 26.2 Å². The third-order valence-electron chi connectivity index (χ3n) is 3.90. The maximum atomic E-state index is 12.4. The van der Waals surface area contributed by atoms with Crippen LogP contribution in [0.3, 0.4) is 0 Å². The number of rotatable bonds is 4. The minimum Gasteiger partial charge on any atom is -0.441 e. The van der Waals surface area contributed by atoms with Crippen molar-refractivity contribution in [3.8, 4) is 11.3 Å². The van der Waals surface area contributed by atoms with Crippen LogP contribution >= 0.6 is 27.5 Å². The van der Waals surface area contributed by atoms with E-state index in [0.29, 0.717) is 16.5 Å². The van der Waals surface area contributed by atoms with E-state index in [4.69, 9.17) is 16.3 Å². The van der Waals surface area contributed by atoms with Gasteiger partial charge in [0.15, 0.2) is 0 Å². The number of imidazole rings is 1. The molecular formula is C19H17BrClN3O2. The zero-order valence-corrected chi connectivity index (χ0v) is 16.6. The third kappa shape index (κ3) is 4.08. The molecule has 7 heteroatoms. The molecule has 1 amide bonds. The van der Waals surface area contributed by atoms with E-state index < -0.39 is 12.2 Å². The van der Waals surface area contributed by atoms with Crippen molar-refractivity contribution in [2.24, 2.45) is 7.05 Å². The van der Waals surface area contributed by atoms with Gasteiger partial charge in [0.05, 0.1) is 6.33 Å². The van der Waals surface area contributed by atoms with E-state index in [0.717, 1.165) is 15.6 Å². The molecule has 0 bridgehead atoms. The number of aryl methyl sites for hydroxylation is 1. The van der Waals surface area contributed by atoms with E-state index in [1.54, 1.807) is 23.9 Å². The second kappa shape index (κ2) is 7.93. The highest BCUT2D eigenvalue weighted by molar-refractivity contribution is 9.10. The summed E-state index contributed by atoms with van der Waals surface area (Å²) in [6.45, 7) is 1.78. The SMILES string of the molecule is C[C@@H](OC(=O)Nc1c(-c2ccc(Br)cc2)ncn1C)c1ccccc1Cl. The quantitative estimate of drug-likeness (QED) is 0.563. The van der Waals surface area contributed by atoms with Gasteiger partial charge in [0.2, 0.25) is 0 Å². The number of carbonyl (C=O) groups is 1. The maximum Gasteiger partial charge on any atom is 0.413 e. The van der Waals surface area contributed by atoms with Gasteiger partial charge in [0.1, 0.15) is 17.6 Å². The second-order valence-electron chi connectivity index (χ2n) is 5.75. The Bertz CT molecular complexity index is 925. The molecule has 1 aromatic heterocycles. The van der Waals surface area contributed by atoms with Gasteiger partial charge < -0.3 is 9.30 Å². The summed E-state index contributed by atoms with van der Waals surface area (Å²) in [4.78, 5) is 16.7. The smallest absolute Gasteiger partial charge is 0.413 e. The van der Waals surface area contributed by atoms with Gasteiger partial charge in [0, 0.05) is 27.7 Å². The molecule has 0 aliphatic heterocycles. The predicted molar refractivity (Wildman–Crippen MR) is 106 cm³/mol. The van der Waals surface area contributed by atoms with Crippen LogP contribution in [0.15, 0.2) is 59.3 Å². The zero-order valence-electron chi connectivity index (χ0n) is 14.2. The Balaban J connectivity index is 1.77. The van der Waals surface area contributed by atoms with Crippen molar-refractivity contribution < 1.29 is 9.53 Å². The van der Waals surface area contributed by atoms with Gasteiger partial charge in [-0.3, -0.25) is 5.32 Å². The van der Waals surface area contributed by atoms with Crippen LogP contribution in [-0.4, -0.2) is 15.6 Å². The molecule has 0 radical (unpaired) electrons. The first-order chi connectivity index (χ1) is 12.5. The van der Waals surface area contributed by atoms with Crippen molar-refractivity contribution in [2.75, 3.05) is 5.32 Å². The number of nitrogens with one attached hydrogen (secondary N) is 1. The summed E-state index contributed by atoms with van der Waals surface area (Å²) in [5.41, 5.74) is 2.31. The van der Waals surface area contributed by atoms with Crippen molar-refractivity contribution in [3.63, 3.8) is 0 Å². The monoisotopic (exact) mass is 433 g/mol. The minimum atomic E-state index is -0.570. The van der Waals surface area contributed by atoms with E-state index in [1.165, 1.54) is 0 Å². The third-order valence-corrected chi connectivity index (χ3v) is 4.78. The fraction of sp³-hybridized carbons (Fsp3) is 0.158. The van der Waals surface area contributed by atoms with Crippen LogP contribution in [0.25, 0.3) is 11.3 Å². The number of benzene rings is 2. The Morgan fingerprint density at radius 3 is 2.62 bits per heavy atom. The number of hydrogen-bond donors (Lipinski definition) is 1. The molecular weight excluding hydrogens is 418 g/mol. The Labute approximate surface area is 165 Å². The van der Waals surface area contributed by atoms with E-state index in [9.17, 15) is 4.79 Å². The molecule has 0 aliphatic carbocycles. The molecule has 2 aromatic carbocycles. The summed E-state index contributed by atoms with van der Waals surface area (Å²) in [6.07, 6.45) is 0.595. The molecule has 3 aromatic rings. The summed E-state index contributed by atoms with van der Waals surface area (Å²) in [5, 5.41) is 3.34. The first-order valence-corrected chi connectivity index (χ1v) is 9.12. The second-order valence-corrected chi connectivity index (χ2v) is 7.08. The number of anilines is 1. The van der Waals surface area contributed by atoms with Gasteiger partial charge in [-0.2, -0.15) is 0 Å². The van der Waals surface area contributed by atoms with Crippen molar-refractivity contribution >= 4 is 39.4 Å². The minimum absolute atomic E-state index is 0.479. The summed E-state index contributed by atoms with van der Waals surface area (Å²) in [5.74, 6) is 0.559. The lowest BCUT2D eigenvalue weighted by Crippen LogP contribution is -2.18. The number of carbonyl (C=O) groups excluding carboxylic acids is 1. The van der Waals surface area contributed by atoms with Crippen molar-refractivity contribution in [3.05, 3.63) is 69.9 Å². The first-order valence-electron chi connectivity index (χ1n) is 7.95. The number of ether oxygens (including phenoxy) is 1. The highest BCUT2D eigenvalue weighted by Gasteiger charge is 2.18. The lowest BCUT2D eigenvalue weighted by molar-refractivity contribution is 0.121. The fourth-order valence-electron chi connectivity index (χ4n) is 2.55. The lowest BCUT2D eigenvalue weighted by atomic mass is 10.1. The fourth-order valence-corrected chi connectivity index (χ4v) is 3.11. The molecule has 1 atom stereocenters. The predicted octanol–water partition coefficient (Wildman–Crippen LogP) is 5.81. The molecule has 0 fully saturated rings. The number of nitrogens with zero attached hydrogens (tertiary/aromatic N) is 2. The molecule has 0 unspecified atom stereocenters. The Kier molecular flexibility index (Phi) is 5.64. The van der Waals surface area contributed by atoms with E-state index >= 15 is 0 Å². The maximum absolute atomic E-state index is 12.4. The summed E-state index contributed by atoms with van der Waals surface area (Å²) < 4.78 is 8.18. The number of halogens is 2. The first kappa shape index (κ1) is 18.5. The van der Waals surface area contributed by atoms with Crippen LogP contribution in [-0.2, 0) is 11.8 Å². The van der Waals surface area contributed by atoms with Gasteiger partial charge in [-0.05, 0) is 25.1 Å². The number of aromatic nitrogens is 2. The molecule has 1 N–H and O–H groups in total. The highest BCUT2D eigenvalue weighted by Crippen LogP contribution is 2.29. The summed E-state index contributed by atoms with van der Waals surface area (Å²) in [6, 6.07) is 15.0. The van der Waals surface area contributed by atoms with Gasteiger partial charge in [-0.1, -0.05) is 57.9 Å². The average Bonchev–Trinajstić information content (AvgIpc) is 2.96. The van der Waals surface area contributed by atoms with Crippen molar-refractivity contribution in [1.82, 2.24) is 9.55 Å². The van der Waals surface area contributed by atoms with Gasteiger partial charge in [-0.25, -0.2) is 9.78 Å². The van der Waals surface area contributed by atoms with Crippen LogP contribution in [0.1, 0.15) is 18.6 Å². The normalized spacial score (nSPS) is 11.8. The lowest BCUT2D eigenvalue weighted by Gasteiger charge is -2.16.